The van der Waals surface area contributed by atoms with Gasteiger partial charge in [-0.2, -0.15) is 0 Å². The number of hydrogen-bond donors (Lipinski definition) is 0. The molecular weight excluding hydrogens is 308 g/mol. The Morgan fingerprint density at radius 3 is 1.42 bits per heavy atom. The van der Waals surface area contributed by atoms with Crippen molar-refractivity contribution in [3.63, 3.8) is 0 Å². The third-order valence-electron chi connectivity index (χ3n) is 5.96. The van der Waals surface area contributed by atoms with Gasteiger partial charge >= 0.3 is 0 Å². The largest absolute Gasteiger partial charge is 0.378 e. The molecule has 0 spiro atoms. The van der Waals surface area contributed by atoms with Gasteiger partial charge in [-0.1, -0.05) is 12.2 Å². The van der Waals surface area contributed by atoms with Crippen molar-refractivity contribution in [3.05, 3.63) is 12.2 Å². The number of ether oxygens (including phenoxy) is 2. The number of allylic oxidation sites excluding steroid dienone is 2. The molecule has 6 nitrogen and oxygen atoms in total. The van der Waals surface area contributed by atoms with E-state index in [9.17, 15) is 9.59 Å². The smallest absolute Gasteiger partial charge is 0.227 e. The molecule has 0 aromatic heterocycles. The minimum absolute atomic E-state index is 0.156. The highest BCUT2D eigenvalue weighted by Crippen LogP contribution is 2.46. The topological polar surface area (TPSA) is 59.1 Å². The molecule has 0 aromatic rings. The van der Waals surface area contributed by atoms with Crippen LogP contribution >= 0.6 is 0 Å². The highest BCUT2D eigenvalue weighted by Gasteiger charge is 2.50. The van der Waals surface area contributed by atoms with Crippen LogP contribution in [-0.2, 0) is 19.1 Å². The molecule has 4 atom stereocenters. The lowest BCUT2D eigenvalue weighted by molar-refractivity contribution is -0.156. The number of hydrogen-bond acceptors (Lipinski definition) is 4. The number of amides is 2. The molecule has 0 N–H and O–H groups in total. The Morgan fingerprint density at radius 1 is 0.708 bits per heavy atom. The molecule has 24 heavy (non-hydrogen) atoms. The van der Waals surface area contributed by atoms with Crippen LogP contribution in [0.2, 0.25) is 0 Å². The monoisotopic (exact) mass is 334 g/mol. The lowest BCUT2D eigenvalue weighted by atomic mass is 9.61. The van der Waals surface area contributed by atoms with Crippen molar-refractivity contribution in [3.8, 4) is 0 Å². The van der Waals surface area contributed by atoms with Crippen LogP contribution in [0.1, 0.15) is 12.8 Å². The second kappa shape index (κ2) is 6.84. The predicted molar refractivity (Wildman–Crippen MR) is 87.1 cm³/mol. The van der Waals surface area contributed by atoms with E-state index in [1.165, 1.54) is 0 Å². The third kappa shape index (κ3) is 2.86. The Labute approximate surface area is 142 Å². The fourth-order valence-corrected chi connectivity index (χ4v) is 4.66. The minimum atomic E-state index is -0.192. The number of carbonyl (C=O) groups is 2. The zero-order valence-corrected chi connectivity index (χ0v) is 14.1. The quantitative estimate of drug-likeness (QED) is 0.692. The third-order valence-corrected chi connectivity index (χ3v) is 5.96. The molecule has 5 aliphatic rings. The first kappa shape index (κ1) is 16.1. The maximum absolute atomic E-state index is 13.2. The number of rotatable bonds is 2. The van der Waals surface area contributed by atoms with Gasteiger partial charge in [0.25, 0.3) is 0 Å². The SMILES string of the molecule is O=C([C@@H]1[C@H](C(=O)N2CCOCC2)[C@H]2C=C[C@@H]1CC2)N1CCOCC1. The molecule has 2 bridgehead atoms. The van der Waals surface area contributed by atoms with Crippen LogP contribution in [0, 0.1) is 23.7 Å². The number of morpholine rings is 2. The first-order chi connectivity index (χ1) is 11.8. The van der Waals surface area contributed by atoms with Crippen LogP contribution in [0.4, 0.5) is 0 Å². The predicted octanol–water partition coefficient (Wildman–Crippen LogP) is 0.532. The van der Waals surface area contributed by atoms with Crippen LogP contribution in [0.25, 0.3) is 0 Å². The number of carbonyl (C=O) groups excluding carboxylic acids is 2. The molecule has 2 aliphatic heterocycles. The van der Waals surface area contributed by atoms with Crippen molar-refractivity contribution in [1.82, 2.24) is 9.80 Å². The van der Waals surface area contributed by atoms with Gasteiger partial charge < -0.3 is 19.3 Å². The summed E-state index contributed by atoms with van der Waals surface area (Å²) in [5.74, 6) is 0.345. The molecule has 1 saturated carbocycles. The summed E-state index contributed by atoms with van der Waals surface area (Å²) in [6.45, 7) is 5.00. The van der Waals surface area contributed by atoms with E-state index in [1.54, 1.807) is 0 Å². The number of nitrogens with zero attached hydrogens (tertiary/aromatic N) is 2. The lowest BCUT2D eigenvalue weighted by Crippen LogP contribution is -2.56. The Kier molecular flexibility index (Phi) is 4.59. The molecule has 2 heterocycles. The van der Waals surface area contributed by atoms with Crippen molar-refractivity contribution in [1.29, 1.82) is 0 Å². The molecule has 0 unspecified atom stereocenters. The highest BCUT2D eigenvalue weighted by molar-refractivity contribution is 5.89. The summed E-state index contributed by atoms with van der Waals surface area (Å²) < 4.78 is 10.7. The van der Waals surface area contributed by atoms with E-state index in [2.05, 4.69) is 12.2 Å². The average molecular weight is 334 g/mol. The van der Waals surface area contributed by atoms with E-state index in [4.69, 9.17) is 9.47 Å². The van der Waals surface area contributed by atoms with Crippen LogP contribution in [-0.4, -0.2) is 74.2 Å². The van der Waals surface area contributed by atoms with Crippen molar-refractivity contribution < 1.29 is 19.1 Å². The summed E-state index contributed by atoms with van der Waals surface area (Å²) in [5.41, 5.74) is 0. The van der Waals surface area contributed by atoms with Gasteiger partial charge in [-0.15, -0.1) is 0 Å². The van der Waals surface area contributed by atoms with Gasteiger partial charge in [0, 0.05) is 26.2 Å². The van der Waals surface area contributed by atoms with Gasteiger partial charge in [-0.05, 0) is 24.7 Å². The zero-order chi connectivity index (χ0) is 16.5. The Bertz CT molecular complexity index is 477. The van der Waals surface area contributed by atoms with E-state index < -0.39 is 0 Å². The van der Waals surface area contributed by atoms with E-state index in [0.29, 0.717) is 52.6 Å². The van der Waals surface area contributed by atoms with Crippen LogP contribution in [0.5, 0.6) is 0 Å². The summed E-state index contributed by atoms with van der Waals surface area (Å²) in [6.07, 6.45) is 6.41. The first-order valence-corrected chi connectivity index (χ1v) is 9.17. The van der Waals surface area contributed by atoms with Crippen molar-refractivity contribution in [2.24, 2.45) is 23.7 Å². The van der Waals surface area contributed by atoms with Gasteiger partial charge in [0.2, 0.25) is 11.8 Å². The van der Waals surface area contributed by atoms with E-state index in [0.717, 1.165) is 12.8 Å². The first-order valence-electron chi connectivity index (χ1n) is 9.17. The molecule has 2 amide bonds. The molecule has 2 saturated heterocycles. The second-order valence-corrected chi connectivity index (χ2v) is 7.22. The Hall–Kier alpha value is -1.40. The van der Waals surface area contributed by atoms with Crippen LogP contribution in [0.15, 0.2) is 12.2 Å². The molecule has 0 aromatic carbocycles. The van der Waals surface area contributed by atoms with Crippen molar-refractivity contribution in [2.45, 2.75) is 12.8 Å². The average Bonchev–Trinajstić information content (AvgIpc) is 2.68. The van der Waals surface area contributed by atoms with Crippen molar-refractivity contribution >= 4 is 11.8 Å². The highest BCUT2D eigenvalue weighted by atomic mass is 16.5. The fourth-order valence-electron chi connectivity index (χ4n) is 4.66. The summed E-state index contributed by atoms with van der Waals surface area (Å²) in [5, 5.41) is 0. The van der Waals surface area contributed by atoms with Crippen LogP contribution in [0.3, 0.4) is 0 Å². The minimum Gasteiger partial charge on any atom is -0.378 e. The zero-order valence-electron chi connectivity index (χ0n) is 14.1. The molecular formula is C18H26N2O4. The summed E-state index contributed by atoms with van der Waals surface area (Å²) in [7, 11) is 0. The standard InChI is InChI=1S/C18H26N2O4/c21-17(19-5-9-23-10-6-19)15-13-1-2-14(4-3-13)16(15)18(22)20-7-11-24-12-8-20/h1-2,13-16H,3-12H2/t13-,14+,15+,16-. The van der Waals surface area contributed by atoms with E-state index >= 15 is 0 Å². The second-order valence-electron chi connectivity index (χ2n) is 7.22. The summed E-state index contributed by atoms with van der Waals surface area (Å²) in [4.78, 5) is 30.2. The molecule has 6 heteroatoms. The van der Waals surface area contributed by atoms with Gasteiger partial charge in [-0.3, -0.25) is 9.59 Å². The number of fused-ring (bicyclic) bond motifs is 2. The maximum atomic E-state index is 13.2. The summed E-state index contributed by atoms with van der Waals surface area (Å²) >= 11 is 0. The molecule has 0 radical (unpaired) electrons. The Balaban J connectivity index is 1.56. The molecule has 5 rings (SSSR count). The maximum Gasteiger partial charge on any atom is 0.227 e. The van der Waals surface area contributed by atoms with Crippen molar-refractivity contribution in [2.75, 3.05) is 52.6 Å². The van der Waals surface area contributed by atoms with Gasteiger partial charge in [0.05, 0.1) is 38.3 Å². The van der Waals surface area contributed by atoms with Gasteiger partial charge in [-0.25, -0.2) is 0 Å². The Morgan fingerprint density at radius 2 is 1.08 bits per heavy atom. The normalized spacial score (nSPS) is 36.0. The van der Waals surface area contributed by atoms with Gasteiger partial charge in [0.15, 0.2) is 0 Å². The summed E-state index contributed by atoms with van der Waals surface area (Å²) in [6, 6.07) is 0. The molecule has 3 aliphatic carbocycles. The van der Waals surface area contributed by atoms with Gasteiger partial charge in [0.1, 0.15) is 0 Å². The fraction of sp³-hybridized carbons (Fsp3) is 0.778. The van der Waals surface area contributed by atoms with E-state index in [-0.39, 0.29) is 35.5 Å². The lowest BCUT2D eigenvalue weighted by Gasteiger charge is -2.46. The molecule has 3 fully saturated rings. The van der Waals surface area contributed by atoms with E-state index in [1.807, 2.05) is 9.80 Å². The van der Waals surface area contributed by atoms with Crippen LogP contribution < -0.4 is 0 Å². The molecule has 132 valence electrons.